The monoisotopic (exact) mass is 261 g/mol. The summed E-state index contributed by atoms with van der Waals surface area (Å²) in [6, 6.07) is 0. The highest BCUT2D eigenvalue weighted by molar-refractivity contribution is 5.08. The van der Waals surface area contributed by atoms with Crippen molar-refractivity contribution < 1.29 is 0 Å². The lowest BCUT2D eigenvalue weighted by Crippen LogP contribution is -2.40. The smallest absolute Gasteiger partial charge is 0.0948 e. The molecule has 2 aliphatic rings. The maximum absolute atomic E-state index is 4.44. The van der Waals surface area contributed by atoms with Crippen LogP contribution in [0.5, 0.6) is 0 Å². The molecule has 0 aromatic carbocycles. The largest absolute Gasteiger partial charge is 0.334 e. The normalized spacial score (nSPS) is 29.5. The van der Waals surface area contributed by atoms with Gasteiger partial charge in [-0.1, -0.05) is 26.2 Å². The molecule has 1 aromatic rings. The number of imidazole rings is 1. The van der Waals surface area contributed by atoms with Gasteiger partial charge in [-0.2, -0.15) is 0 Å². The number of piperidine rings is 1. The Morgan fingerprint density at radius 3 is 2.89 bits per heavy atom. The summed E-state index contributed by atoms with van der Waals surface area (Å²) in [5, 5.41) is 3.55. The number of rotatable bonds is 3. The molecule has 1 saturated heterocycles. The van der Waals surface area contributed by atoms with Gasteiger partial charge < -0.3 is 9.88 Å². The number of hydrogen-bond donors (Lipinski definition) is 1. The lowest BCUT2D eigenvalue weighted by atomic mass is 9.82. The fraction of sp³-hybridized carbons (Fsp3) is 0.812. The summed E-state index contributed by atoms with van der Waals surface area (Å²) in [5.74, 6) is 0.761. The Morgan fingerprint density at radius 1 is 1.32 bits per heavy atom. The van der Waals surface area contributed by atoms with Crippen LogP contribution in [0.1, 0.15) is 63.5 Å². The van der Waals surface area contributed by atoms with Crippen LogP contribution >= 0.6 is 0 Å². The van der Waals surface area contributed by atoms with E-state index in [4.69, 9.17) is 0 Å². The first kappa shape index (κ1) is 13.2. The molecule has 19 heavy (non-hydrogen) atoms. The Morgan fingerprint density at radius 2 is 2.16 bits per heavy atom. The molecule has 0 radical (unpaired) electrons. The lowest BCUT2D eigenvalue weighted by Gasteiger charge is -2.35. The first-order chi connectivity index (χ1) is 9.27. The van der Waals surface area contributed by atoms with Crippen LogP contribution < -0.4 is 5.32 Å². The zero-order valence-corrected chi connectivity index (χ0v) is 12.2. The molecule has 0 spiro atoms. The number of aromatic nitrogens is 2. The quantitative estimate of drug-likeness (QED) is 0.904. The molecule has 3 heteroatoms. The van der Waals surface area contributed by atoms with Gasteiger partial charge in [0, 0.05) is 30.9 Å². The van der Waals surface area contributed by atoms with E-state index in [0.717, 1.165) is 19.0 Å². The van der Waals surface area contributed by atoms with E-state index in [9.17, 15) is 0 Å². The van der Waals surface area contributed by atoms with Gasteiger partial charge in [-0.05, 0) is 37.6 Å². The van der Waals surface area contributed by atoms with Gasteiger partial charge in [0.2, 0.25) is 0 Å². The summed E-state index contributed by atoms with van der Waals surface area (Å²) in [5.41, 5.74) is 1.90. The van der Waals surface area contributed by atoms with Crippen molar-refractivity contribution in [2.75, 3.05) is 13.1 Å². The van der Waals surface area contributed by atoms with Crippen molar-refractivity contribution >= 4 is 0 Å². The Bertz CT molecular complexity index is 398. The van der Waals surface area contributed by atoms with Gasteiger partial charge in [-0.3, -0.25) is 0 Å². The molecule has 1 aliphatic heterocycles. The molecule has 1 aliphatic carbocycles. The van der Waals surface area contributed by atoms with Gasteiger partial charge in [0.15, 0.2) is 0 Å². The maximum Gasteiger partial charge on any atom is 0.0948 e. The third-order valence-electron chi connectivity index (χ3n) is 5.01. The molecule has 1 N–H and O–H groups in total. The number of hydrogen-bond acceptors (Lipinski definition) is 2. The summed E-state index contributed by atoms with van der Waals surface area (Å²) < 4.78 is 2.45. The van der Waals surface area contributed by atoms with Crippen molar-refractivity contribution in [3.05, 3.63) is 18.2 Å². The predicted molar refractivity (Wildman–Crippen MR) is 78.3 cm³/mol. The van der Waals surface area contributed by atoms with E-state index in [-0.39, 0.29) is 0 Å². The lowest BCUT2D eigenvalue weighted by molar-refractivity contribution is 0.197. The minimum absolute atomic E-state index is 0.405. The highest BCUT2D eigenvalue weighted by Gasteiger charge is 2.29. The van der Waals surface area contributed by atoms with Crippen LogP contribution in [0.4, 0.5) is 0 Å². The Labute approximate surface area is 116 Å². The van der Waals surface area contributed by atoms with Crippen molar-refractivity contribution in [1.29, 1.82) is 0 Å². The zero-order chi connectivity index (χ0) is 13.1. The summed E-state index contributed by atoms with van der Waals surface area (Å²) in [6.07, 6.45) is 13.8. The van der Waals surface area contributed by atoms with Crippen LogP contribution in [-0.2, 0) is 6.54 Å². The van der Waals surface area contributed by atoms with Crippen molar-refractivity contribution in [2.45, 2.75) is 64.3 Å². The minimum atomic E-state index is 0.405. The van der Waals surface area contributed by atoms with E-state index in [0.29, 0.717) is 5.41 Å². The van der Waals surface area contributed by atoms with Crippen LogP contribution in [0.3, 0.4) is 0 Å². The summed E-state index contributed by atoms with van der Waals surface area (Å²) in [4.78, 5) is 4.44. The zero-order valence-electron chi connectivity index (χ0n) is 12.2. The minimum Gasteiger partial charge on any atom is -0.334 e. The molecule has 2 fully saturated rings. The van der Waals surface area contributed by atoms with Crippen LogP contribution in [0.25, 0.3) is 0 Å². The fourth-order valence-electron chi connectivity index (χ4n) is 3.87. The van der Waals surface area contributed by atoms with Crippen molar-refractivity contribution in [3.8, 4) is 0 Å². The molecular formula is C16H27N3. The molecular weight excluding hydrogens is 234 g/mol. The van der Waals surface area contributed by atoms with Crippen LogP contribution in [0.2, 0.25) is 0 Å². The second kappa shape index (κ2) is 5.66. The van der Waals surface area contributed by atoms with E-state index < -0.39 is 0 Å². The first-order valence-corrected chi connectivity index (χ1v) is 7.98. The standard InChI is InChI=1S/C16H27N3/c1-16(8-5-9-17-11-16)12-19-13-18-10-15(19)14-6-3-2-4-7-14/h10,13-14,17H,2-9,11-12H2,1H3. The first-order valence-electron chi connectivity index (χ1n) is 7.98. The molecule has 1 unspecified atom stereocenters. The fourth-order valence-corrected chi connectivity index (χ4v) is 3.87. The molecule has 0 bridgehead atoms. The highest BCUT2D eigenvalue weighted by atomic mass is 15.1. The average Bonchev–Trinajstić information content (AvgIpc) is 2.88. The Balaban J connectivity index is 1.72. The second-order valence-corrected chi connectivity index (χ2v) is 6.87. The van der Waals surface area contributed by atoms with Gasteiger partial charge >= 0.3 is 0 Å². The average molecular weight is 261 g/mol. The van der Waals surface area contributed by atoms with Gasteiger partial charge in [0.25, 0.3) is 0 Å². The molecule has 106 valence electrons. The van der Waals surface area contributed by atoms with Crippen molar-refractivity contribution in [3.63, 3.8) is 0 Å². The summed E-state index contributed by atoms with van der Waals surface area (Å²) in [6.45, 7) is 5.89. The van der Waals surface area contributed by atoms with E-state index >= 15 is 0 Å². The molecule has 3 rings (SSSR count). The topological polar surface area (TPSA) is 29.9 Å². The van der Waals surface area contributed by atoms with Crippen LogP contribution in [0, 0.1) is 5.41 Å². The van der Waals surface area contributed by atoms with Gasteiger partial charge in [-0.15, -0.1) is 0 Å². The van der Waals surface area contributed by atoms with Crippen molar-refractivity contribution in [2.24, 2.45) is 5.41 Å². The molecule has 2 heterocycles. The maximum atomic E-state index is 4.44. The van der Waals surface area contributed by atoms with Gasteiger partial charge in [-0.25, -0.2) is 4.98 Å². The second-order valence-electron chi connectivity index (χ2n) is 6.87. The summed E-state index contributed by atoms with van der Waals surface area (Å²) >= 11 is 0. The molecule has 0 amide bonds. The van der Waals surface area contributed by atoms with Gasteiger partial charge in [0.05, 0.1) is 6.33 Å². The highest BCUT2D eigenvalue weighted by Crippen LogP contribution is 2.34. The predicted octanol–water partition coefficient (Wildman–Crippen LogP) is 3.32. The van der Waals surface area contributed by atoms with E-state index in [2.05, 4.69) is 34.3 Å². The molecule has 1 saturated carbocycles. The van der Waals surface area contributed by atoms with E-state index in [1.165, 1.54) is 57.2 Å². The third kappa shape index (κ3) is 3.02. The molecule has 1 atom stereocenters. The molecule has 3 nitrogen and oxygen atoms in total. The van der Waals surface area contributed by atoms with Gasteiger partial charge in [0.1, 0.15) is 0 Å². The summed E-state index contributed by atoms with van der Waals surface area (Å²) in [7, 11) is 0. The van der Waals surface area contributed by atoms with E-state index in [1.54, 1.807) is 0 Å². The number of nitrogens with one attached hydrogen (secondary N) is 1. The Kier molecular flexibility index (Phi) is 3.92. The Hall–Kier alpha value is -0.830. The van der Waals surface area contributed by atoms with Crippen molar-refractivity contribution in [1.82, 2.24) is 14.9 Å². The third-order valence-corrected chi connectivity index (χ3v) is 5.01. The van der Waals surface area contributed by atoms with E-state index in [1.807, 2.05) is 0 Å². The molecule has 1 aromatic heterocycles. The van der Waals surface area contributed by atoms with Crippen LogP contribution in [-0.4, -0.2) is 22.6 Å². The number of nitrogens with zero attached hydrogens (tertiary/aromatic N) is 2. The van der Waals surface area contributed by atoms with Crippen LogP contribution in [0.15, 0.2) is 12.5 Å². The SMILES string of the molecule is CC1(Cn2cncc2C2CCCCC2)CCCNC1.